The summed E-state index contributed by atoms with van der Waals surface area (Å²) in [5.74, 6) is -1.33. The van der Waals surface area contributed by atoms with Crippen LogP contribution in [0.4, 0.5) is 0 Å². The summed E-state index contributed by atoms with van der Waals surface area (Å²) in [4.78, 5) is 21.4. The summed E-state index contributed by atoms with van der Waals surface area (Å²) in [7, 11) is 1.24. The highest BCUT2D eigenvalue weighted by molar-refractivity contribution is 5.96. The van der Waals surface area contributed by atoms with Crippen LogP contribution in [0.5, 0.6) is 0 Å². The van der Waals surface area contributed by atoms with Crippen LogP contribution in [0.25, 0.3) is 0 Å². The van der Waals surface area contributed by atoms with Gasteiger partial charge in [-0.2, -0.15) is 5.26 Å². The van der Waals surface area contributed by atoms with Crippen molar-refractivity contribution in [3.8, 4) is 6.07 Å². The molecule has 76 valence electrons. The zero-order valence-corrected chi connectivity index (χ0v) is 7.96. The molecule has 0 saturated carbocycles. The third kappa shape index (κ3) is 3.58. The van der Waals surface area contributed by atoms with E-state index in [2.05, 4.69) is 10.1 Å². The largest absolute Gasteiger partial charge is 0.468 e. The zero-order valence-electron chi connectivity index (χ0n) is 7.96. The Morgan fingerprint density at radius 1 is 1.57 bits per heavy atom. The van der Waals surface area contributed by atoms with Gasteiger partial charge in [-0.25, -0.2) is 0 Å². The van der Waals surface area contributed by atoms with Crippen LogP contribution in [0.15, 0.2) is 11.3 Å². The maximum absolute atomic E-state index is 10.7. The maximum Gasteiger partial charge on any atom is 0.325 e. The van der Waals surface area contributed by atoms with Gasteiger partial charge in [0.1, 0.15) is 18.2 Å². The lowest BCUT2D eigenvalue weighted by molar-refractivity contribution is -0.139. The molecule has 0 unspecified atom stereocenters. The Kier molecular flexibility index (Phi) is 4.78. The van der Waals surface area contributed by atoms with Gasteiger partial charge in [-0.05, 0) is 6.92 Å². The van der Waals surface area contributed by atoms with Crippen molar-refractivity contribution in [3.63, 3.8) is 0 Å². The summed E-state index contributed by atoms with van der Waals surface area (Å²) >= 11 is 0. The van der Waals surface area contributed by atoms with E-state index in [1.54, 1.807) is 6.07 Å². The van der Waals surface area contributed by atoms with E-state index < -0.39 is 11.9 Å². The fraction of sp³-hybridized carbons (Fsp3) is 0.375. The number of nitrogens with two attached hydrogens (primary N) is 1. The molecule has 1 amide bonds. The number of rotatable bonds is 4. The quantitative estimate of drug-likeness (QED) is 0.343. The van der Waals surface area contributed by atoms with E-state index in [0.717, 1.165) is 0 Å². The summed E-state index contributed by atoms with van der Waals surface area (Å²) in [6, 6.07) is 1.63. The SMILES string of the molecule is COC(=O)CNC(C)=C(C#N)C(N)=O. The number of carbonyl (C=O) groups is 2. The van der Waals surface area contributed by atoms with Gasteiger partial charge in [-0.15, -0.1) is 0 Å². The van der Waals surface area contributed by atoms with Crippen LogP contribution in [0.3, 0.4) is 0 Å². The van der Waals surface area contributed by atoms with Gasteiger partial charge in [0.2, 0.25) is 0 Å². The number of primary amides is 1. The van der Waals surface area contributed by atoms with Crippen LogP contribution in [0.1, 0.15) is 6.92 Å². The number of carbonyl (C=O) groups excluding carboxylic acids is 2. The van der Waals surface area contributed by atoms with E-state index in [1.165, 1.54) is 14.0 Å². The van der Waals surface area contributed by atoms with E-state index in [9.17, 15) is 9.59 Å². The monoisotopic (exact) mass is 197 g/mol. The first kappa shape index (κ1) is 12.0. The maximum atomic E-state index is 10.7. The fourth-order valence-corrected chi connectivity index (χ4v) is 0.689. The Labute approximate surface area is 81.3 Å². The number of allylic oxidation sites excluding steroid dienone is 1. The first-order chi connectivity index (χ1) is 6.52. The molecule has 0 bridgehead atoms. The predicted molar refractivity (Wildman–Crippen MR) is 47.5 cm³/mol. The number of hydrogen-bond donors (Lipinski definition) is 2. The normalized spacial score (nSPS) is 10.9. The molecule has 0 fully saturated rings. The van der Waals surface area contributed by atoms with Crippen molar-refractivity contribution in [1.82, 2.24) is 5.32 Å². The number of nitrogens with zero attached hydrogens (tertiary/aromatic N) is 1. The van der Waals surface area contributed by atoms with E-state index in [1.807, 2.05) is 0 Å². The highest BCUT2D eigenvalue weighted by atomic mass is 16.5. The van der Waals surface area contributed by atoms with Crippen LogP contribution in [-0.2, 0) is 14.3 Å². The van der Waals surface area contributed by atoms with Gasteiger partial charge in [-0.3, -0.25) is 9.59 Å². The Hall–Kier alpha value is -2.03. The van der Waals surface area contributed by atoms with Crippen molar-refractivity contribution in [2.45, 2.75) is 6.92 Å². The number of amides is 1. The molecule has 0 spiro atoms. The van der Waals surface area contributed by atoms with Crippen LogP contribution in [0, 0.1) is 11.3 Å². The minimum atomic E-state index is -0.831. The van der Waals surface area contributed by atoms with E-state index in [-0.39, 0.29) is 17.8 Å². The number of ether oxygens (including phenoxy) is 1. The number of nitriles is 1. The molecule has 0 atom stereocenters. The van der Waals surface area contributed by atoms with Gasteiger partial charge in [0.05, 0.1) is 7.11 Å². The molecule has 3 N–H and O–H groups in total. The zero-order chi connectivity index (χ0) is 11.1. The van der Waals surface area contributed by atoms with Crippen LogP contribution >= 0.6 is 0 Å². The van der Waals surface area contributed by atoms with Crippen LogP contribution in [0.2, 0.25) is 0 Å². The molecule has 0 heterocycles. The van der Waals surface area contributed by atoms with Crippen molar-refractivity contribution < 1.29 is 14.3 Å². The van der Waals surface area contributed by atoms with Gasteiger partial charge >= 0.3 is 5.97 Å². The molecule has 0 aliphatic rings. The molecule has 14 heavy (non-hydrogen) atoms. The third-order valence-electron chi connectivity index (χ3n) is 1.46. The second-order valence-corrected chi connectivity index (χ2v) is 2.41. The Morgan fingerprint density at radius 3 is 2.50 bits per heavy atom. The van der Waals surface area contributed by atoms with Gasteiger partial charge in [-0.1, -0.05) is 0 Å². The molecular weight excluding hydrogens is 186 g/mol. The predicted octanol–water partition coefficient (Wildman–Crippen LogP) is -0.968. The minimum Gasteiger partial charge on any atom is -0.468 e. The van der Waals surface area contributed by atoms with Crippen LogP contribution in [-0.4, -0.2) is 25.5 Å². The molecule has 0 saturated heterocycles. The van der Waals surface area contributed by atoms with Gasteiger partial charge in [0.15, 0.2) is 0 Å². The highest BCUT2D eigenvalue weighted by Gasteiger charge is 2.09. The summed E-state index contributed by atoms with van der Waals surface area (Å²) in [5, 5.41) is 11.1. The van der Waals surface area contributed by atoms with Crippen molar-refractivity contribution >= 4 is 11.9 Å². The van der Waals surface area contributed by atoms with Gasteiger partial charge in [0.25, 0.3) is 5.91 Å². The standard InChI is InChI=1S/C8H11N3O3/c1-5(6(3-9)8(10)13)11-4-7(12)14-2/h11H,4H2,1-2H3,(H2,10,13). The molecule has 0 radical (unpaired) electrons. The molecule has 0 aliphatic carbocycles. The van der Waals surface area contributed by atoms with Gasteiger partial charge < -0.3 is 15.8 Å². The average Bonchev–Trinajstić information content (AvgIpc) is 2.14. The second-order valence-electron chi connectivity index (χ2n) is 2.41. The molecular formula is C8H11N3O3. The summed E-state index contributed by atoms with van der Waals surface area (Å²) < 4.78 is 4.35. The highest BCUT2D eigenvalue weighted by Crippen LogP contribution is 1.97. The Morgan fingerprint density at radius 2 is 2.14 bits per heavy atom. The fourth-order valence-electron chi connectivity index (χ4n) is 0.689. The first-order valence-electron chi connectivity index (χ1n) is 3.74. The molecule has 6 heteroatoms. The topological polar surface area (TPSA) is 105 Å². The molecule has 0 rings (SSSR count). The summed E-state index contributed by atoms with van der Waals surface area (Å²) in [5.41, 5.74) is 4.97. The molecule has 0 aromatic heterocycles. The second kappa shape index (κ2) is 5.59. The molecule has 0 aromatic carbocycles. The number of nitrogens with one attached hydrogen (secondary N) is 1. The lowest BCUT2D eigenvalue weighted by atomic mass is 10.2. The Balaban J connectivity index is 4.44. The average molecular weight is 197 g/mol. The Bertz CT molecular complexity index is 314. The number of esters is 1. The lowest BCUT2D eigenvalue weighted by Gasteiger charge is -2.05. The van der Waals surface area contributed by atoms with Crippen molar-refractivity contribution in [1.29, 1.82) is 5.26 Å². The number of hydrogen-bond acceptors (Lipinski definition) is 5. The van der Waals surface area contributed by atoms with E-state index >= 15 is 0 Å². The van der Waals surface area contributed by atoms with Crippen molar-refractivity contribution in [3.05, 3.63) is 11.3 Å². The van der Waals surface area contributed by atoms with Crippen molar-refractivity contribution in [2.24, 2.45) is 5.73 Å². The van der Waals surface area contributed by atoms with E-state index in [4.69, 9.17) is 11.0 Å². The third-order valence-corrected chi connectivity index (χ3v) is 1.46. The summed E-state index contributed by atoms with van der Waals surface area (Å²) in [6.45, 7) is 1.37. The molecule has 0 aliphatic heterocycles. The minimum absolute atomic E-state index is 0.110. The molecule has 0 aromatic rings. The first-order valence-corrected chi connectivity index (χ1v) is 3.74. The van der Waals surface area contributed by atoms with E-state index in [0.29, 0.717) is 0 Å². The summed E-state index contributed by atoms with van der Waals surface area (Å²) in [6.07, 6.45) is 0. The van der Waals surface area contributed by atoms with Crippen LogP contribution < -0.4 is 11.1 Å². The lowest BCUT2D eigenvalue weighted by Crippen LogP contribution is -2.26. The number of methoxy groups -OCH3 is 1. The smallest absolute Gasteiger partial charge is 0.325 e. The van der Waals surface area contributed by atoms with Gasteiger partial charge in [0, 0.05) is 5.70 Å². The van der Waals surface area contributed by atoms with Crippen molar-refractivity contribution in [2.75, 3.05) is 13.7 Å². The molecule has 6 nitrogen and oxygen atoms in total.